The molecule has 0 aliphatic rings. The van der Waals surface area contributed by atoms with Crippen LogP contribution in [0, 0.1) is 0 Å². The first-order chi connectivity index (χ1) is 12.4. The molecule has 0 aliphatic carbocycles. The normalized spacial score (nSPS) is 11.2. The van der Waals surface area contributed by atoms with E-state index in [9.17, 15) is 13.2 Å². The van der Waals surface area contributed by atoms with Crippen LogP contribution in [-0.2, 0) is 14.8 Å². The van der Waals surface area contributed by atoms with Crippen LogP contribution in [0.4, 0.5) is 5.69 Å². The second-order valence-electron chi connectivity index (χ2n) is 5.49. The SMILES string of the molecule is CCCOc1ccccc1NC(=O)CCNS(=O)(=O)c1ccc(Br)cc1. The van der Waals surface area contributed by atoms with E-state index >= 15 is 0 Å². The molecule has 0 saturated heterocycles. The number of hydrogen-bond acceptors (Lipinski definition) is 4. The van der Waals surface area contributed by atoms with Gasteiger partial charge in [-0.1, -0.05) is 35.0 Å². The zero-order chi connectivity index (χ0) is 19.0. The van der Waals surface area contributed by atoms with Crippen LogP contribution in [0.5, 0.6) is 5.75 Å². The van der Waals surface area contributed by atoms with Crippen molar-refractivity contribution < 1.29 is 17.9 Å². The molecule has 2 aromatic carbocycles. The minimum absolute atomic E-state index is 0.00220. The van der Waals surface area contributed by atoms with Crippen LogP contribution >= 0.6 is 15.9 Å². The number of carbonyl (C=O) groups is 1. The lowest BCUT2D eigenvalue weighted by Gasteiger charge is -2.12. The molecule has 140 valence electrons. The maximum absolute atomic E-state index is 12.2. The van der Waals surface area contributed by atoms with Gasteiger partial charge in [-0.2, -0.15) is 0 Å². The van der Waals surface area contributed by atoms with E-state index in [1.54, 1.807) is 30.3 Å². The van der Waals surface area contributed by atoms with E-state index in [1.165, 1.54) is 12.1 Å². The Morgan fingerprint density at radius 2 is 1.81 bits per heavy atom. The predicted octanol–water partition coefficient (Wildman–Crippen LogP) is 3.55. The minimum Gasteiger partial charge on any atom is -0.491 e. The summed E-state index contributed by atoms with van der Waals surface area (Å²) in [5.74, 6) is 0.300. The topological polar surface area (TPSA) is 84.5 Å². The van der Waals surface area contributed by atoms with Crippen molar-refractivity contribution in [2.45, 2.75) is 24.7 Å². The van der Waals surface area contributed by atoms with Gasteiger partial charge >= 0.3 is 0 Å². The van der Waals surface area contributed by atoms with Crippen LogP contribution in [0.2, 0.25) is 0 Å². The molecule has 0 bridgehead atoms. The average molecular weight is 441 g/mol. The Kier molecular flexibility index (Phi) is 7.62. The summed E-state index contributed by atoms with van der Waals surface area (Å²) in [6.45, 7) is 2.56. The van der Waals surface area contributed by atoms with Gasteiger partial charge in [0.2, 0.25) is 15.9 Å². The molecule has 0 unspecified atom stereocenters. The quantitative estimate of drug-likeness (QED) is 0.624. The standard InChI is InChI=1S/C18H21BrN2O4S/c1-2-13-25-17-6-4-3-5-16(17)21-18(22)11-12-20-26(23,24)15-9-7-14(19)8-10-15/h3-10,20H,2,11-13H2,1H3,(H,21,22). The lowest BCUT2D eigenvalue weighted by atomic mass is 10.2. The van der Waals surface area contributed by atoms with E-state index in [4.69, 9.17) is 4.74 Å². The van der Waals surface area contributed by atoms with E-state index in [0.29, 0.717) is 18.0 Å². The van der Waals surface area contributed by atoms with Crippen LogP contribution in [0.15, 0.2) is 57.9 Å². The molecule has 1 amide bonds. The fraction of sp³-hybridized carbons (Fsp3) is 0.278. The number of sulfonamides is 1. The van der Waals surface area contributed by atoms with Crippen molar-refractivity contribution in [3.63, 3.8) is 0 Å². The van der Waals surface area contributed by atoms with E-state index in [-0.39, 0.29) is 23.8 Å². The molecule has 2 rings (SSSR count). The first-order valence-corrected chi connectivity index (χ1v) is 10.5. The van der Waals surface area contributed by atoms with Crippen LogP contribution in [0.3, 0.4) is 0 Å². The monoisotopic (exact) mass is 440 g/mol. The van der Waals surface area contributed by atoms with Crippen LogP contribution in [0.25, 0.3) is 0 Å². The summed E-state index contributed by atoms with van der Waals surface area (Å²) < 4.78 is 33.2. The predicted molar refractivity (Wildman–Crippen MR) is 105 cm³/mol. The second-order valence-corrected chi connectivity index (χ2v) is 8.18. The summed E-state index contributed by atoms with van der Waals surface area (Å²) in [5.41, 5.74) is 0.571. The molecule has 0 fully saturated rings. The van der Waals surface area contributed by atoms with Gasteiger partial charge in [-0.05, 0) is 42.8 Å². The zero-order valence-electron chi connectivity index (χ0n) is 14.4. The van der Waals surface area contributed by atoms with Gasteiger partial charge in [0.05, 0.1) is 17.2 Å². The van der Waals surface area contributed by atoms with Crippen molar-refractivity contribution in [1.29, 1.82) is 0 Å². The average Bonchev–Trinajstić information content (AvgIpc) is 2.61. The summed E-state index contributed by atoms with van der Waals surface area (Å²) in [4.78, 5) is 12.3. The molecule has 2 aromatic rings. The Morgan fingerprint density at radius 1 is 1.12 bits per heavy atom. The summed E-state index contributed by atoms with van der Waals surface area (Å²) in [5, 5.41) is 2.75. The largest absolute Gasteiger partial charge is 0.491 e. The maximum atomic E-state index is 12.2. The lowest BCUT2D eigenvalue weighted by Crippen LogP contribution is -2.27. The molecule has 0 aromatic heterocycles. The zero-order valence-corrected chi connectivity index (χ0v) is 16.8. The number of para-hydroxylation sites is 2. The third kappa shape index (κ3) is 6.12. The number of anilines is 1. The molecular formula is C18H21BrN2O4S. The van der Waals surface area contributed by atoms with Gasteiger partial charge in [0.1, 0.15) is 5.75 Å². The maximum Gasteiger partial charge on any atom is 0.240 e. The van der Waals surface area contributed by atoms with E-state index < -0.39 is 10.0 Å². The van der Waals surface area contributed by atoms with Gasteiger partial charge in [0.25, 0.3) is 0 Å². The number of ether oxygens (including phenoxy) is 1. The Morgan fingerprint density at radius 3 is 2.50 bits per heavy atom. The molecular weight excluding hydrogens is 420 g/mol. The molecule has 26 heavy (non-hydrogen) atoms. The molecule has 0 heterocycles. The van der Waals surface area contributed by atoms with E-state index in [1.807, 2.05) is 13.0 Å². The smallest absolute Gasteiger partial charge is 0.240 e. The molecule has 0 spiro atoms. The third-order valence-corrected chi connectivity index (χ3v) is 5.40. The number of amides is 1. The highest BCUT2D eigenvalue weighted by Crippen LogP contribution is 2.24. The van der Waals surface area contributed by atoms with Crippen molar-refractivity contribution in [3.05, 3.63) is 53.0 Å². The molecule has 6 nitrogen and oxygen atoms in total. The van der Waals surface area contributed by atoms with Crippen molar-refractivity contribution >= 4 is 37.5 Å². The molecule has 0 radical (unpaired) electrons. The highest BCUT2D eigenvalue weighted by Gasteiger charge is 2.14. The number of nitrogens with one attached hydrogen (secondary N) is 2. The van der Waals surface area contributed by atoms with Crippen molar-refractivity contribution in [3.8, 4) is 5.75 Å². The van der Waals surface area contributed by atoms with Gasteiger partial charge in [-0.25, -0.2) is 13.1 Å². The number of halogens is 1. The van der Waals surface area contributed by atoms with Gasteiger partial charge in [0.15, 0.2) is 0 Å². The Balaban J connectivity index is 1.88. The Bertz CT molecular complexity index is 839. The van der Waals surface area contributed by atoms with Gasteiger partial charge < -0.3 is 10.1 Å². The first-order valence-electron chi connectivity index (χ1n) is 8.19. The number of hydrogen-bond donors (Lipinski definition) is 2. The molecule has 0 saturated carbocycles. The fourth-order valence-electron chi connectivity index (χ4n) is 2.12. The third-order valence-electron chi connectivity index (χ3n) is 3.39. The number of benzene rings is 2. The van der Waals surface area contributed by atoms with Crippen LogP contribution in [0.1, 0.15) is 19.8 Å². The van der Waals surface area contributed by atoms with Gasteiger partial charge in [-0.3, -0.25) is 4.79 Å². The van der Waals surface area contributed by atoms with Gasteiger partial charge in [-0.15, -0.1) is 0 Å². The summed E-state index contributed by atoms with van der Waals surface area (Å²) in [6, 6.07) is 13.4. The summed E-state index contributed by atoms with van der Waals surface area (Å²) >= 11 is 3.26. The lowest BCUT2D eigenvalue weighted by molar-refractivity contribution is -0.116. The van der Waals surface area contributed by atoms with Crippen LogP contribution < -0.4 is 14.8 Å². The van der Waals surface area contributed by atoms with Crippen molar-refractivity contribution in [1.82, 2.24) is 4.72 Å². The van der Waals surface area contributed by atoms with E-state index in [0.717, 1.165) is 10.9 Å². The minimum atomic E-state index is -3.64. The molecule has 0 atom stereocenters. The second kappa shape index (κ2) is 9.70. The summed E-state index contributed by atoms with van der Waals surface area (Å²) in [6.07, 6.45) is 0.873. The van der Waals surface area contributed by atoms with Gasteiger partial charge in [0, 0.05) is 17.4 Å². The summed E-state index contributed by atoms with van der Waals surface area (Å²) in [7, 11) is -3.64. The number of rotatable bonds is 9. The Labute approximate surface area is 162 Å². The molecule has 8 heteroatoms. The molecule has 0 aliphatic heterocycles. The van der Waals surface area contributed by atoms with Crippen molar-refractivity contribution in [2.75, 3.05) is 18.5 Å². The highest BCUT2D eigenvalue weighted by molar-refractivity contribution is 9.10. The van der Waals surface area contributed by atoms with Crippen LogP contribution in [-0.4, -0.2) is 27.5 Å². The first kappa shape index (κ1) is 20.4. The highest BCUT2D eigenvalue weighted by atomic mass is 79.9. The van der Waals surface area contributed by atoms with E-state index in [2.05, 4.69) is 26.0 Å². The number of carbonyl (C=O) groups excluding carboxylic acids is 1. The molecule has 2 N–H and O–H groups in total. The van der Waals surface area contributed by atoms with Crippen molar-refractivity contribution in [2.24, 2.45) is 0 Å². The fourth-order valence-corrected chi connectivity index (χ4v) is 3.41. The Hall–Kier alpha value is -1.90.